The van der Waals surface area contributed by atoms with Gasteiger partial charge in [0.1, 0.15) is 11.9 Å². The van der Waals surface area contributed by atoms with Crippen LogP contribution in [0.25, 0.3) is 0 Å². The maximum absolute atomic E-state index is 13.1. The van der Waals surface area contributed by atoms with Crippen LogP contribution in [0.4, 0.5) is 4.39 Å². The van der Waals surface area contributed by atoms with Gasteiger partial charge >= 0.3 is 0 Å². The van der Waals surface area contributed by atoms with Crippen molar-refractivity contribution in [2.45, 2.75) is 37.6 Å². The number of halogens is 1. The molecule has 0 saturated carbocycles. The molecule has 0 unspecified atom stereocenters. The standard InChI is InChI=1S/C12H15FN2O2S/c1-4-12(2,3)15-18(16,17)10-5-6-11(13)9(7-10)8-14/h5-7,15H,4H2,1-3H3. The zero-order valence-corrected chi connectivity index (χ0v) is 11.3. The maximum atomic E-state index is 13.1. The molecule has 0 atom stereocenters. The van der Waals surface area contributed by atoms with Crippen LogP contribution in [-0.2, 0) is 10.0 Å². The third-order valence-corrected chi connectivity index (χ3v) is 4.36. The van der Waals surface area contributed by atoms with Crippen LogP contribution in [0.1, 0.15) is 32.8 Å². The van der Waals surface area contributed by atoms with Crippen molar-refractivity contribution in [3.8, 4) is 6.07 Å². The van der Waals surface area contributed by atoms with Crippen LogP contribution < -0.4 is 4.72 Å². The number of nitrogens with zero attached hydrogens (tertiary/aromatic N) is 1. The molecule has 0 fully saturated rings. The highest BCUT2D eigenvalue weighted by Gasteiger charge is 2.25. The van der Waals surface area contributed by atoms with E-state index in [4.69, 9.17) is 5.26 Å². The van der Waals surface area contributed by atoms with Crippen molar-refractivity contribution in [2.75, 3.05) is 0 Å². The lowest BCUT2D eigenvalue weighted by Gasteiger charge is -2.24. The van der Waals surface area contributed by atoms with Crippen molar-refractivity contribution < 1.29 is 12.8 Å². The third kappa shape index (κ3) is 3.28. The summed E-state index contributed by atoms with van der Waals surface area (Å²) in [6.45, 7) is 5.35. The minimum absolute atomic E-state index is 0.109. The topological polar surface area (TPSA) is 70.0 Å². The first-order chi connectivity index (χ1) is 8.22. The summed E-state index contributed by atoms with van der Waals surface area (Å²) in [6, 6.07) is 4.77. The molecule has 18 heavy (non-hydrogen) atoms. The van der Waals surface area contributed by atoms with Gasteiger partial charge in [-0.15, -0.1) is 0 Å². The van der Waals surface area contributed by atoms with E-state index < -0.39 is 21.4 Å². The minimum Gasteiger partial charge on any atom is -0.207 e. The Labute approximate surface area is 106 Å². The normalized spacial score (nSPS) is 12.2. The summed E-state index contributed by atoms with van der Waals surface area (Å²) in [5.41, 5.74) is -0.882. The lowest BCUT2D eigenvalue weighted by atomic mass is 10.0. The predicted molar refractivity (Wildman–Crippen MR) is 65.8 cm³/mol. The lowest BCUT2D eigenvalue weighted by Crippen LogP contribution is -2.42. The van der Waals surface area contributed by atoms with Gasteiger partial charge in [0.2, 0.25) is 10.0 Å². The largest absolute Gasteiger partial charge is 0.241 e. The van der Waals surface area contributed by atoms with Crippen LogP contribution in [0.15, 0.2) is 23.1 Å². The van der Waals surface area contributed by atoms with Gasteiger partial charge < -0.3 is 0 Å². The number of nitriles is 1. The van der Waals surface area contributed by atoms with E-state index in [1.54, 1.807) is 19.9 Å². The summed E-state index contributed by atoms with van der Waals surface area (Å²) in [5.74, 6) is -0.730. The smallest absolute Gasteiger partial charge is 0.207 e. The molecular weight excluding hydrogens is 255 g/mol. The van der Waals surface area contributed by atoms with Crippen molar-refractivity contribution in [3.63, 3.8) is 0 Å². The fourth-order valence-corrected chi connectivity index (χ4v) is 2.76. The van der Waals surface area contributed by atoms with Gasteiger partial charge in [-0.3, -0.25) is 0 Å². The van der Waals surface area contributed by atoms with Crippen LogP contribution in [0.3, 0.4) is 0 Å². The van der Waals surface area contributed by atoms with Crippen molar-refractivity contribution in [1.82, 2.24) is 4.72 Å². The van der Waals surface area contributed by atoms with Crippen molar-refractivity contribution >= 4 is 10.0 Å². The summed E-state index contributed by atoms with van der Waals surface area (Å²) in [7, 11) is -3.75. The average molecular weight is 270 g/mol. The molecule has 6 heteroatoms. The summed E-state index contributed by atoms with van der Waals surface area (Å²) < 4.78 is 39.7. The second-order valence-corrected chi connectivity index (χ2v) is 6.28. The first-order valence-corrected chi connectivity index (χ1v) is 6.94. The minimum atomic E-state index is -3.75. The number of sulfonamides is 1. The van der Waals surface area contributed by atoms with E-state index in [2.05, 4.69) is 4.72 Å². The van der Waals surface area contributed by atoms with Gasteiger partial charge in [0.25, 0.3) is 0 Å². The first-order valence-electron chi connectivity index (χ1n) is 5.45. The molecule has 0 heterocycles. The van der Waals surface area contributed by atoms with Crippen LogP contribution in [0, 0.1) is 17.1 Å². The monoisotopic (exact) mass is 270 g/mol. The Morgan fingerprint density at radius 2 is 2.06 bits per heavy atom. The molecule has 0 saturated heterocycles. The van der Waals surface area contributed by atoms with E-state index in [9.17, 15) is 12.8 Å². The van der Waals surface area contributed by atoms with E-state index in [1.807, 2.05) is 6.92 Å². The molecule has 0 aromatic heterocycles. The second kappa shape index (κ2) is 5.04. The SMILES string of the molecule is CCC(C)(C)NS(=O)(=O)c1ccc(F)c(C#N)c1. The van der Waals surface area contributed by atoms with Crippen molar-refractivity contribution in [2.24, 2.45) is 0 Å². The predicted octanol–water partition coefficient (Wildman–Crippen LogP) is 2.16. The Balaban J connectivity index is 3.19. The Bertz CT molecular complexity index is 589. The van der Waals surface area contributed by atoms with Gasteiger partial charge in [-0.2, -0.15) is 5.26 Å². The Kier molecular flexibility index (Phi) is 4.09. The fraction of sp³-hybridized carbons (Fsp3) is 0.417. The molecule has 1 N–H and O–H groups in total. The van der Waals surface area contributed by atoms with Gasteiger partial charge in [-0.1, -0.05) is 6.92 Å². The molecular formula is C12H15FN2O2S. The van der Waals surface area contributed by atoms with Gasteiger partial charge in [-0.25, -0.2) is 17.5 Å². The van der Waals surface area contributed by atoms with Gasteiger partial charge in [0.05, 0.1) is 10.5 Å². The Hall–Kier alpha value is -1.45. The maximum Gasteiger partial charge on any atom is 0.241 e. The van der Waals surface area contributed by atoms with Crippen LogP contribution in [0.2, 0.25) is 0 Å². The first kappa shape index (κ1) is 14.6. The number of benzene rings is 1. The molecule has 0 aliphatic rings. The third-order valence-electron chi connectivity index (χ3n) is 2.66. The van der Waals surface area contributed by atoms with E-state index >= 15 is 0 Å². The van der Waals surface area contributed by atoms with Gasteiger partial charge in [0, 0.05) is 5.54 Å². The molecule has 0 radical (unpaired) electrons. The highest BCUT2D eigenvalue weighted by atomic mass is 32.2. The van der Waals surface area contributed by atoms with E-state index in [0.29, 0.717) is 6.42 Å². The molecule has 0 bridgehead atoms. The molecule has 0 amide bonds. The molecule has 0 spiro atoms. The highest BCUT2D eigenvalue weighted by Crippen LogP contribution is 2.18. The summed E-state index contributed by atoms with van der Waals surface area (Å²) in [4.78, 5) is -0.109. The van der Waals surface area contributed by atoms with Crippen LogP contribution in [0.5, 0.6) is 0 Å². The summed E-state index contributed by atoms with van der Waals surface area (Å²) >= 11 is 0. The summed E-state index contributed by atoms with van der Waals surface area (Å²) in [5, 5.41) is 8.68. The molecule has 0 aliphatic carbocycles. The van der Waals surface area contributed by atoms with Crippen LogP contribution in [-0.4, -0.2) is 14.0 Å². The molecule has 98 valence electrons. The van der Waals surface area contributed by atoms with Gasteiger partial charge in [0.15, 0.2) is 0 Å². The zero-order chi connectivity index (χ0) is 14.0. The van der Waals surface area contributed by atoms with Crippen molar-refractivity contribution in [1.29, 1.82) is 5.26 Å². The van der Waals surface area contributed by atoms with Crippen LogP contribution >= 0.6 is 0 Å². The second-order valence-electron chi connectivity index (χ2n) is 4.60. The summed E-state index contributed by atoms with van der Waals surface area (Å²) in [6.07, 6.45) is 0.610. The molecule has 0 aliphatic heterocycles. The number of rotatable bonds is 4. The van der Waals surface area contributed by atoms with E-state index in [-0.39, 0.29) is 10.5 Å². The number of hydrogen-bond acceptors (Lipinski definition) is 3. The molecule has 1 aromatic carbocycles. The number of nitrogens with one attached hydrogen (secondary N) is 1. The quantitative estimate of drug-likeness (QED) is 0.911. The van der Waals surface area contributed by atoms with Gasteiger partial charge in [-0.05, 0) is 38.5 Å². The molecule has 4 nitrogen and oxygen atoms in total. The lowest BCUT2D eigenvalue weighted by molar-refractivity contribution is 0.439. The molecule has 1 aromatic rings. The fourth-order valence-electron chi connectivity index (χ4n) is 1.25. The number of hydrogen-bond donors (Lipinski definition) is 1. The Morgan fingerprint density at radius 3 is 2.56 bits per heavy atom. The van der Waals surface area contributed by atoms with Crippen molar-refractivity contribution in [3.05, 3.63) is 29.6 Å². The molecule has 1 rings (SSSR count). The zero-order valence-electron chi connectivity index (χ0n) is 10.5. The van der Waals surface area contributed by atoms with E-state index in [1.165, 1.54) is 0 Å². The van der Waals surface area contributed by atoms with E-state index in [0.717, 1.165) is 18.2 Å². The highest BCUT2D eigenvalue weighted by molar-refractivity contribution is 7.89. The Morgan fingerprint density at radius 1 is 1.44 bits per heavy atom. The average Bonchev–Trinajstić information content (AvgIpc) is 2.28.